The van der Waals surface area contributed by atoms with Crippen LogP contribution in [0.1, 0.15) is 39.5 Å². The zero-order chi connectivity index (χ0) is 25.5. The molecule has 1 atom stereocenters. The number of aromatic nitrogens is 3. The van der Waals surface area contributed by atoms with Crippen LogP contribution < -0.4 is 14.9 Å². The minimum Gasteiger partial charge on any atom is -0.489 e. The summed E-state index contributed by atoms with van der Waals surface area (Å²) in [6.45, 7) is 3.31. The van der Waals surface area contributed by atoms with E-state index in [-0.39, 0.29) is 16.8 Å². The fourth-order valence-electron chi connectivity index (χ4n) is 4.08. The molecular formula is C27H31N5O3S. The van der Waals surface area contributed by atoms with Crippen LogP contribution in [0, 0.1) is 6.92 Å². The Morgan fingerprint density at radius 3 is 2.67 bits per heavy atom. The standard InChI is InChI=1S/C27H31N5O3S/c1-18-15-20(23-8-4-5-9-24(23)28-18)17-35-22-12-10-19(11-13-22)26(33)29-21(7-6-14-32(2)3)16-25-30-31-27(34)36-25/h4-5,8-13,15,21H,6-7,14,16-17H2,1-3H3,(H,29,33)(H,31,34). The number of hydrogen-bond donors (Lipinski definition) is 2. The summed E-state index contributed by atoms with van der Waals surface area (Å²) >= 11 is 1.08. The van der Waals surface area contributed by atoms with Gasteiger partial charge in [-0.2, -0.15) is 5.10 Å². The highest BCUT2D eigenvalue weighted by atomic mass is 32.1. The van der Waals surface area contributed by atoms with Crippen LogP contribution in [0.3, 0.4) is 0 Å². The lowest BCUT2D eigenvalue weighted by Gasteiger charge is -2.19. The number of H-pyrrole nitrogens is 1. The van der Waals surface area contributed by atoms with Crippen molar-refractivity contribution in [2.45, 2.75) is 38.8 Å². The molecule has 0 spiro atoms. The smallest absolute Gasteiger partial charge is 0.322 e. The van der Waals surface area contributed by atoms with Gasteiger partial charge in [0.25, 0.3) is 5.91 Å². The molecule has 36 heavy (non-hydrogen) atoms. The minimum absolute atomic E-state index is 0.115. The lowest BCUT2D eigenvalue weighted by atomic mass is 10.1. The molecule has 0 radical (unpaired) electrons. The van der Waals surface area contributed by atoms with E-state index in [1.807, 2.05) is 63.5 Å². The van der Waals surface area contributed by atoms with Gasteiger partial charge in [-0.05, 0) is 76.8 Å². The monoisotopic (exact) mass is 505 g/mol. The van der Waals surface area contributed by atoms with Gasteiger partial charge in [0.15, 0.2) is 0 Å². The molecule has 2 aromatic heterocycles. The quantitative estimate of drug-likeness (QED) is 0.320. The van der Waals surface area contributed by atoms with Gasteiger partial charge in [-0.25, -0.2) is 5.10 Å². The van der Waals surface area contributed by atoms with Crippen molar-refractivity contribution in [2.24, 2.45) is 0 Å². The third-order valence-corrected chi connectivity index (χ3v) is 6.61. The SMILES string of the molecule is Cc1cc(COc2ccc(C(=O)NC(CCCN(C)C)Cc3n[nH]c(=O)s3)cc2)c2ccccc2n1. The Balaban J connectivity index is 1.38. The number of hydrogen-bond acceptors (Lipinski definition) is 7. The van der Waals surface area contributed by atoms with Crippen molar-refractivity contribution in [1.29, 1.82) is 0 Å². The molecule has 0 bridgehead atoms. The average Bonchev–Trinajstić information content (AvgIpc) is 3.26. The van der Waals surface area contributed by atoms with E-state index in [1.54, 1.807) is 12.1 Å². The molecule has 4 aromatic rings. The maximum atomic E-state index is 13.0. The molecule has 0 saturated carbocycles. The molecule has 188 valence electrons. The molecule has 0 aliphatic rings. The van der Waals surface area contributed by atoms with Crippen LogP contribution in [-0.4, -0.2) is 52.7 Å². The normalized spacial score (nSPS) is 12.1. The number of aromatic amines is 1. The van der Waals surface area contributed by atoms with Gasteiger partial charge >= 0.3 is 4.87 Å². The summed E-state index contributed by atoms with van der Waals surface area (Å²) < 4.78 is 6.02. The number of ether oxygens (including phenoxy) is 1. The Morgan fingerprint density at radius 2 is 1.94 bits per heavy atom. The molecular weight excluding hydrogens is 474 g/mol. The number of amides is 1. The molecule has 0 aliphatic heterocycles. The number of carbonyl (C=O) groups excluding carboxylic acids is 1. The molecule has 2 N–H and O–H groups in total. The van der Waals surface area contributed by atoms with Crippen molar-refractivity contribution >= 4 is 28.1 Å². The van der Waals surface area contributed by atoms with E-state index in [1.165, 1.54) is 0 Å². The van der Waals surface area contributed by atoms with Gasteiger partial charge in [0.1, 0.15) is 17.4 Å². The summed E-state index contributed by atoms with van der Waals surface area (Å²) in [5, 5.41) is 11.4. The third kappa shape index (κ3) is 6.99. The Labute approximate surface area is 214 Å². The fourth-order valence-corrected chi connectivity index (χ4v) is 4.77. The first-order valence-corrected chi connectivity index (χ1v) is 12.8. The summed E-state index contributed by atoms with van der Waals surface area (Å²) in [5.41, 5.74) is 3.52. The number of rotatable bonds is 11. The molecule has 4 rings (SSSR count). The number of carbonyl (C=O) groups is 1. The molecule has 8 nitrogen and oxygen atoms in total. The van der Waals surface area contributed by atoms with Crippen LogP contribution in [-0.2, 0) is 13.0 Å². The summed E-state index contributed by atoms with van der Waals surface area (Å²) in [4.78, 5) is 30.9. The molecule has 0 fully saturated rings. The van der Waals surface area contributed by atoms with Crippen LogP contribution in [0.15, 0.2) is 59.4 Å². The Hall–Kier alpha value is -3.56. The Bertz CT molecular complexity index is 1360. The van der Waals surface area contributed by atoms with E-state index in [0.29, 0.717) is 29.3 Å². The summed E-state index contributed by atoms with van der Waals surface area (Å²) in [7, 11) is 4.05. The van der Waals surface area contributed by atoms with E-state index in [9.17, 15) is 9.59 Å². The molecule has 2 heterocycles. The van der Waals surface area contributed by atoms with Crippen molar-refractivity contribution in [2.75, 3.05) is 20.6 Å². The molecule has 1 amide bonds. The van der Waals surface area contributed by atoms with Gasteiger partial charge in [-0.15, -0.1) is 0 Å². The summed E-state index contributed by atoms with van der Waals surface area (Å²) in [5.74, 6) is 0.531. The second kappa shape index (κ2) is 11.9. The van der Waals surface area contributed by atoms with Gasteiger partial charge in [-0.1, -0.05) is 29.5 Å². The number of fused-ring (bicyclic) bond motifs is 1. The van der Waals surface area contributed by atoms with Crippen molar-refractivity contribution in [3.05, 3.63) is 86.1 Å². The van der Waals surface area contributed by atoms with Gasteiger partial charge in [0.2, 0.25) is 0 Å². The van der Waals surface area contributed by atoms with Crippen LogP contribution in [0.25, 0.3) is 10.9 Å². The van der Waals surface area contributed by atoms with E-state index >= 15 is 0 Å². The second-order valence-corrected chi connectivity index (χ2v) is 10.1. The summed E-state index contributed by atoms with van der Waals surface area (Å²) in [6, 6.07) is 17.1. The van der Waals surface area contributed by atoms with Crippen molar-refractivity contribution in [3.63, 3.8) is 0 Å². The number of benzene rings is 2. The van der Waals surface area contributed by atoms with Gasteiger partial charge in [-0.3, -0.25) is 14.6 Å². The molecule has 0 aliphatic carbocycles. The van der Waals surface area contributed by atoms with Crippen LogP contribution in [0.5, 0.6) is 5.75 Å². The van der Waals surface area contributed by atoms with Crippen LogP contribution >= 0.6 is 11.3 Å². The van der Waals surface area contributed by atoms with Gasteiger partial charge < -0.3 is 15.0 Å². The molecule has 2 aromatic carbocycles. The largest absolute Gasteiger partial charge is 0.489 e. The highest BCUT2D eigenvalue weighted by molar-refractivity contribution is 7.08. The summed E-state index contributed by atoms with van der Waals surface area (Å²) in [6.07, 6.45) is 2.23. The maximum absolute atomic E-state index is 13.0. The average molecular weight is 506 g/mol. The third-order valence-electron chi connectivity index (χ3n) is 5.84. The van der Waals surface area contributed by atoms with Crippen LogP contribution in [0.4, 0.5) is 0 Å². The van der Waals surface area contributed by atoms with Gasteiger partial charge in [0.05, 0.1) is 5.52 Å². The topological polar surface area (TPSA) is 100 Å². The molecule has 9 heteroatoms. The number of nitrogens with zero attached hydrogens (tertiary/aromatic N) is 3. The number of nitrogens with one attached hydrogen (secondary N) is 2. The van der Waals surface area contributed by atoms with Crippen LogP contribution in [0.2, 0.25) is 0 Å². The first-order chi connectivity index (χ1) is 17.4. The van der Waals surface area contributed by atoms with E-state index in [2.05, 4.69) is 25.4 Å². The lowest BCUT2D eigenvalue weighted by Crippen LogP contribution is -2.37. The number of para-hydroxylation sites is 1. The van der Waals surface area contributed by atoms with E-state index in [4.69, 9.17) is 4.74 Å². The maximum Gasteiger partial charge on any atom is 0.322 e. The second-order valence-electron chi connectivity index (χ2n) is 9.08. The Kier molecular flexibility index (Phi) is 8.45. The minimum atomic E-state index is -0.186. The number of pyridine rings is 1. The highest BCUT2D eigenvalue weighted by Crippen LogP contribution is 2.21. The first-order valence-electron chi connectivity index (χ1n) is 12.0. The lowest BCUT2D eigenvalue weighted by molar-refractivity contribution is 0.0934. The van der Waals surface area contributed by atoms with E-state index in [0.717, 1.165) is 52.9 Å². The van der Waals surface area contributed by atoms with Crippen molar-refractivity contribution in [1.82, 2.24) is 25.4 Å². The predicted molar refractivity (Wildman–Crippen MR) is 143 cm³/mol. The first kappa shape index (κ1) is 25.5. The van der Waals surface area contributed by atoms with Crippen molar-refractivity contribution < 1.29 is 9.53 Å². The van der Waals surface area contributed by atoms with E-state index < -0.39 is 0 Å². The molecule has 1 unspecified atom stereocenters. The fraction of sp³-hybridized carbons (Fsp3) is 0.333. The number of aryl methyl sites for hydroxylation is 1. The Morgan fingerprint density at radius 1 is 1.17 bits per heavy atom. The predicted octanol–water partition coefficient (Wildman–Crippen LogP) is 3.95. The van der Waals surface area contributed by atoms with Crippen molar-refractivity contribution in [3.8, 4) is 5.75 Å². The van der Waals surface area contributed by atoms with Gasteiger partial charge in [0, 0.05) is 34.7 Å². The zero-order valence-electron chi connectivity index (χ0n) is 20.8. The molecule has 0 saturated heterocycles. The zero-order valence-corrected chi connectivity index (χ0v) is 21.6. The highest BCUT2D eigenvalue weighted by Gasteiger charge is 2.17.